The fourth-order valence-electron chi connectivity index (χ4n) is 5.93. The van der Waals surface area contributed by atoms with E-state index in [1.807, 2.05) is 44.2 Å². The van der Waals surface area contributed by atoms with Gasteiger partial charge in [0.05, 0.1) is 36.6 Å². The number of nitrogens with zero attached hydrogens (tertiary/aromatic N) is 2. The van der Waals surface area contributed by atoms with Crippen LogP contribution >= 0.6 is 0 Å². The molecule has 1 saturated heterocycles. The van der Waals surface area contributed by atoms with Crippen LogP contribution in [-0.2, 0) is 27.6 Å². The summed E-state index contributed by atoms with van der Waals surface area (Å²) in [6.07, 6.45) is -1.04. The van der Waals surface area contributed by atoms with Gasteiger partial charge in [0.2, 0.25) is 0 Å². The number of hydrogen-bond donors (Lipinski definition) is 1. The van der Waals surface area contributed by atoms with E-state index < -0.39 is 29.1 Å². The van der Waals surface area contributed by atoms with Crippen LogP contribution in [0, 0.1) is 17.2 Å². The van der Waals surface area contributed by atoms with E-state index >= 15 is 0 Å². The van der Waals surface area contributed by atoms with Gasteiger partial charge in [-0.15, -0.1) is 0 Å². The Balaban J connectivity index is 1.72. The molecule has 0 radical (unpaired) electrons. The fraction of sp³-hybridized carbons (Fsp3) is 0.500. The van der Waals surface area contributed by atoms with Crippen LogP contribution in [0.2, 0.25) is 0 Å². The quantitative estimate of drug-likeness (QED) is 0.290. The molecule has 1 aliphatic rings. The lowest BCUT2D eigenvalue weighted by Gasteiger charge is -2.36. The molecule has 2 aromatic rings. The Morgan fingerprint density at radius 3 is 2.37 bits per heavy atom. The molecule has 204 valence electrons. The number of nitrogens with two attached hydrogens (primary N) is 1. The van der Waals surface area contributed by atoms with Crippen LogP contribution in [0.1, 0.15) is 69.1 Å². The number of carbonyl (C=O) groups excluding carboxylic acids is 2. The standard InChI is InChI=1S/C30H36F3N3O2/c1-22(2)29(21-34,24-11-4-3-5-12-24)17-7-6-15-27(37)36(18-9-14-26(36)28(35)38)19-16-23-10-8-13-25(20-23)30(31,32)33/h3-5,8,10-13,20,22,26H,6-7,9,14-19H2,1-2H3,(H-,35,38)/p+1/t26?,29-,36+/m0/s1. The summed E-state index contributed by atoms with van der Waals surface area (Å²) in [5.74, 6) is -0.577. The van der Waals surface area contributed by atoms with Crippen LogP contribution in [0.15, 0.2) is 54.6 Å². The van der Waals surface area contributed by atoms with Crippen molar-refractivity contribution in [1.29, 1.82) is 5.26 Å². The molecule has 38 heavy (non-hydrogen) atoms. The Bertz CT molecular complexity index is 1160. The molecule has 1 aliphatic heterocycles. The first-order chi connectivity index (χ1) is 18.0. The average molecular weight is 529 g/mol. The first kappa shape index (κ1) is 29.4. The Morgan fingerprint density at radius 1 is 1.08 bits per heavy atom. The summed E-state index contributed by atoms with van der Waals surface area (Å²) >= 11 is 0. The zero-order valence-corrected chi connectivity index (χ0v) is 22.1. The average Bonchev–Trinajstić information content (AvgIpc) is 3.33. The summed E-state index contributed by atoms with van der Waals surface area (Å²) < 4.78 is 39.4. The minimum atomic E-state index is -4.45. The molecule has 0 bridgehead atoms. The number of primary amides is 1. The molecule has 0 aromatic heterocycles. The fourth-order valence-corrected chi connectivity index (χ4v) is 5.93. The lowest BCUT2D eigenvalue weighted by molar-refractivity contribution is -0.857. The van der Waals surface area contributed by atoms with Crippen molar-refractivity contribution in [2.75, 3.05) is 13.1 Å². The maximum Gasteiger partial charge on any atom is 0.416 e. The van der Waals surface area contributed by atoms with Crippen molar-refractivity contribution in [2.45, 2.75) is 76.4 Å². The number of halogens is 3. The molecular weight excluding hydrogens is 491 g/mol. The Hall–Kier alpha value is -3.18. The van der Waals surface area contributed by atoms with Gasteiger partial charge in [-0.1, -0.05) is 68.8 Å². The summed E-state index contributed by atoms with van der Waals surface area (Å²) in [4.78, 5) is 26.0. The Labute approximate surface area is 223 Å². The summed E-state index contributed by atoms with van der Waals surface area (Å²) in [5, 5.41) is 10.1. The lowest BCUT2D eigenvalue weighted by Crippen LogP contribution is -2.61. The van der Waals surface area contributed by atoms with Crippen molar-refractivity contribution < 1.29 is 27.2 Å². The van der Waals surface area contributed by atoms with Gasteiger partial charge in [0.25, 0.3) is 5.91 Å². The molecule has 5 nitrogen and oxygen atoms in total. The van der Waals surface area contributed by atoms with E-state index in [-0.39, 0.29) is 35.7 Å². The zero-order chi connectivity index (χ0) is 28.0. The van der Waals surface area contributed by atoms with Gasteiger partial charge in [-0.25, -0.2) is 4.79 Å². The first-order valence-corrected chi connectivity index (χ1v) is 13.3. The molecule has 1 heterocycles. The van der Waals surface area contributed by atoms with Gasteiger partial charge in [-0.2, -0.15) is 18.4 Å². The third kappa shape index (κ3) is 6.27. The molecule has 3 rings (SSSR count). The SMILES string of the molecule is CC(C)[C@@](C#N)(CCCCC(=O)[N@@+]1(CCc2cccc(C(F)(F)F)c2)CCCC1C(N)=O)c1ccccc1. The number of alkyl halides is 3. The largest absolute Gasteiger partial charge is 0.416 e. The number of rotatable bonds is 11. The van der Waals surface area contributed by atoms with Crippen LogP contribution in [-0.4, -0.2) is 35.4 Å². The number of carbonyl (C=O) groups is 2. The van der Waals surface area contributed by atoms with E-state index in [1.54, 1.807) is 6.07 Å². The minimum absolute atomic E-state index is 0.0780. The highest BCUT2D eigenvalue weighted by atomic mass is 19.4. The van der Waals surface area contributed by atoms with Crippen molar-refractivity contribution in [1.82, 2.24) is 0 Å². The van der Waals surface area contributed by atoms with E-state index in [0.29, 0.717) is 44.2 Å². The first-order valence-electron chi connectivity index (χ1n) is 13.3. The highest BCUT2D eigenvalue weighted by Crippen LogP contribution is 2.37. The number of benzene rings is 2. The number of unbranched alkanes of at least 4 members (excludes halogenated alkanes) is 1. The van der Waals surface area contributed by atoms with Gasteiger partial charge in [0.1, 0.15) is 0 Å². The summed E-state index contributed by atoms with van der Waals surface area (Å²) in [6.45, 7) is 4.73. The van der Waals surface area contributed by atoms with E-state index in [1.165, 1.54) is 6.07 Å². The predicted octanol–water partition coefficient (Wildman–Crippen LogP) is 5.92. The molecule has 2 aromatic carbocycles. The van der Waals surface area contributed by atoms with Gasteiger partial charge in [0, 0.05) is 19.3 Å². The third-order valence-electron chi connectivity index (χ3n) is 8.20. The monoisotopic (exact) mass is 528 g/mol. The minimum Gasteiger partial charge on any atom is -0.364 e. The van der Waals surface area contributed by atoms with Crippen molar-refractivity contribution in [3.63, 3.8) is 0 Å². The molecule has 8 heteroatoms. The van der Waals surface area contributed by atoms with Gasteiger partial charge in [-0.3, -0.25) is 9.28 Å². The van der Waals surface area contributed by atoms with Crippen molar-refractivity contribution >= 4 is 11.8 Å². The number of likely N-dealkylation sites (tertiary alicyclic amines) is 1. The normalized spacial score (nSPS) is 21.1. The summed E-state index contributed by atoms with van der Waals surface area (Å²) in [5.41, 5.74) is 5.73. The molecule has 3 atom stereocenters. The smallest absolute Gasteiger partial charge is 0.364 e. The molecule has 2 N–H and O–H groups in total. The van der Waals surface area contributed by atoms with E-state index in [0.717, 1.165) is 17.7 Å². The highest BCUT2D eigenvalue weighted by Gasteiger charge is 2.50. The van der Waals surface area contributed by atoms with Gasteiger partial charge < -0.3 is 5.73 Å². The van der Waals surface area contributed by atoms with Crippen LogP contribution < -0.4 is 5.73 Å². The zero-order valence-electron chi connectivity index (χ0n) is 22.1. The number of hydrogen-bond acceptors (Lipinski definition) is 3. The van der Waals surface area contributed by atoms with Crippen molar-refractivity contribution in [3.05, 3.63) is 71.3 Å². The second-order valence-corrected chi connectivity index (χ2v) is 10.7. The topological polar surface area (TPSA) is 83.9 Å². The lowest BCUT2D eigenvalue weighted by atomic mass is 9.69. The summed E-state index contributed by atoms with van der Waals surface area (Å²) in [7, 11) is 0. The maximum absolute atomic E-state index is 13.6. The van der Waals surface area contributed by atoms with Gasteiger partial charge >= 0.3 is 12.1 Å². The second-order valence-electron chi connectivity index (χ2n) is 10.7. The molecule has 2 amide bonds. The van der Waals surface area contributed by atoms with Crippen LogP contribution in [0.5, 0.6) is 0 Å². The third-order valence-corrected chi connectivity index (χ3v) is 8.20. The van der Waals surface area contributed by atoms with Crippen molar-refractivity contribution in [2.24, 2.45) is 11.7 Å². The number of amides is 2. The van der Waals surface area contributed by atoms with E-state index in [2.05, 4.69) is 6.07 Å². The van der Waals surface area contributed by atoms with Crippen LogP contribution in [0.3, 0.4) is 0 Å². The molecule has 1 unspecified atom stereocenters. The Kier molecular flexibility index (Phi) is 9.37. The van der Waals surface area contributed by atoms with E-state index in [4.69, 9.17) is 5.73 Å². The molecule has 1 fully saturated rings. The summed E-state index contributed by atoms with van der Waals surface area (Å²) in [6, 6.07) is 16.6. The number of quaternary nitrogens is 1. The van der Waals surface area contributed by atoms with Crippen LogP contribution in [0.25, 0.3) is 0 Å². The van der Waals surface area contributed by atoms with Gasteiger partial charge in [-0.05, 0) is 36.0 Å². The molecule has 0 spiro atoms. The molecule has 0 saturated carbocycles. The molecular formula is C30H37F3N3O2+. The second kappa shape index (κ2) is 12.1. The highest BCUT2D eigenvalue weighted by molar-refractivity contribution is 5.82. The predicted molar refractivity (Wildman–Crippen MR) is 139 cm³/mol. The Morgan fingerprint density at radius 2 is 1.76 bits per heavy atom. The van der Waals surface area contributed by atoms with Crippen molar-refractivity contribution in [3.8, 4) is 6.07 Å². The van der Waals surface area contributed by atoms with Crippen LogP contribution in [0.4, 0.5) is 13.2 Å². The maximum atomic E-state index is 13.6. The van der Waals surface area contributed by atoms with Gasteiger partial charge in [0.15, 0.2) is 6.04 Å². The number of nitriles is 1. The molecule has 0 aliphatic carbocycles. The van der Waals surface area contributed by atoms with E-state index in [9.17, 15) is 28.0 Å².